The number of carbonyl (C=O) groups excluding carboxylic acids is 1. The summed E-state index contributed by atoms with van der Waals surface area (Å²) in [6, 6.07) is -0.276. The van der Waals surface area contributed by atoms with Gasteiger partial charge in [-0.15, -0.1) is 0 Å². The van der Waals surface area contributed by atoms with Gasteiger partial charge in [0.2, 0.25) is 0 Å². The van der Waals surface area contributed by atoms with Crippen LogP contribution in [0.1, 0.15) is 46.7 Å². The highest BCUT2D eigenvalue weighted by atomic mass is 16.4. The molecular weight excluding hydrogens is 250 g/mol. The van der Waals surface area contributed by atoms with Gasteiger partial charge in [-0.2, -0.15) is 0 Å². The van der Waals surface area contributed by atoms with Crippen molar-refractivity contribution in [3.05, 3.63) is 23.8 Å². The third-order valence-electron chi connectivity index (χ3n) is 3.15. The van der Waals surface area contributed by atoms with Gasteiger partial charge in [-0.05, 0) is 12.8 Å². The number of nitrogens with zero attached hydrogens (tertiary/aromatic N) is 2. The summed E-state index contributed by atoms with van der Waals surface area (Å²) in [5, 5.41) is 21.1. The van der Waals surface area contributed by atoms with Crippen molar-refractivity contribution in [1.29, 1.82) is 0 Å². The number of hydrogen-bond acceptors (Lipinski definition) is 5. The van der Waals surface area contributed by atoms with E-state index in [0.717, 1.165) is 31.7 Å². The zero-order valence-electron chi connectivity index (χ0n) is 10.2. The molecule has 7 nitrogen and oxygen atoms in total. The van der Waals surface area contributed by atoms with Gasteiger partial charge in [-0.25, -0.2) is 14.8 Å². The standard InChI is InChI=1S/C12H15N3O4/c16-10-4-2-1-3-7(10)15-11(17)8-5-14-9(6-13-8)12(18)19/h5-7,10,16H,1-4H2,(H,15,17)(H,18,19)/t7-,10-/m0/s1. The van der Waals surface area contributed by atoms with E-state index in [0.29, 0.717) is 6.42 Å². The maximum absolute atomic E-state index is 11.9. The molecule has 1 fully saturated rings. The van der Waals surface area contributed by atoms with E-state index >= 15 is 0 Å². The van der Waals surface area contributed by atoms with Crippen molar-refractivity contribution < 1.29 is 19.8 Å². The van der Waals surface area contributed by atoms with E-state index in [4.69, 9.17) is 5.11 Å². The maximum Gasteiger partial charge on any atom is 0.356 e. The minimum Gasteiger partial charge on any atom is -0.476 e. The lowest BCUT2D eigenvalue weighted by Gasteiger charge is -2.28. The minimum absolute atomic E-state index is 0.0442. The number of nitrogens with one attached hydrogen (secondary N) is 1. The molecule has 19 heavy (non-hydrogen) atoms. The topological polar surface area (TPSA) is 112 Å². The Labute approximate surface area is 109 Å². The smallest absolute Gasteiger partial charge is 0.356 e. The van der Waals surface area contributed by atoms with E-state index in [9.17, 15) is 14.7 Å². The first kappa shape index (κ1) is 13.4. The molecular formula is C12H15N3O4. The number of aromatic nitrogens is 2. The lowest BCUT2D eigenvalue weighted by atomic mass is 9.92. The van der Waals surface area contributed by atoms with Crippen molar-refractivity contribution in [3.63, 3.8) is 0 Å². The number of hydrogen-bond donors (Lipinski definition) is 3. The second-order valence-corrected chi connectivity index (χ2v) is 4.52. The Hall–Kier alpha value is -2.02. The second-order valence-electron chi connectivity index (χ2n) is 4.52. The van der Waals surface area contributed by atoms with Gasteiger partial charge in [0.05, 0.1) is 24.5 Å². The Kier molecular flexibility index (Phi) is 4.06. The molecule has 0 unspecified atom stereocenters. The first-order valence-corrected chi connectivity index (χ1v) is 6.12. The molecule has 1 heterocycles. The molecule has 1 aromatic heterocycles. The molecule has 1 aromatic rings. The molecule has 1 aliphatic rings. The van der Waals surface area contributed by atoms with Crippen molar-refractivity contribution in [2.24, 2.45) is 0 Å². The van der Waals surface area contributed by atoms with Crippen LogP contribution in [-0.2, 0) is 0 Å². The van der Waals surface area contributed by atoms with Crippen LogP contribution in [0.25, 0.3) is 0 Å². The van der Waals surface area contributed by atoms with E-state index < -0.39 is 18.0 Å². The summed E-state index contributed by atoms with van der Waals surface area (Å²) < 4.78 is 0. The van der Waals surface area contributed by atoms with Crippen molar-refractivity contribution in [1.82, 2.24) is 15.3 Å². The van der Waals surface area contributed by atoms with Gasteiger partial charge in [0.15, 0.2) is 5.69 Å². The maximum atomic E-state index is 11.9. The van der Waals surface area contributed by atoms with E-state index in [2.05, 4.69) is 15.3 Å². The zero-order chi connectivity index (χ0) is 13.8. The van der Waals surface area contributed by atoms with Crippen LogP contribution in [0.2, 0.25) is 0 Å². The average Bonchev–Trinajstić information content (AvgIpc) is 2.41. The fourth-order valence-electron chi connectivity index (χ4n) is 2.08. The first-order valence-electron chi connectivity index (χ1n) is 6.12. The normalized spacial score (nSPS) is 22.8. The zero-order valence-corrected chi connectivity index (χ0v) is 10.2. The average molecular weight is 265 g/mol. The van der Waals surface area contributed by atoms with Crippen molar-refractivity contribution >= 4 is 11.9 Å². The van der Waals surface area contributed by atoms with Crippen LogP contribution in [0.3, 0.4) is 0 Å². The quantitative estimate of drug-likeness (QED) is 0.720. The lowest BCUT2D eigenvalue weighted by molar-refractivity contribution is 0.0685. The number of aliphatic hydroxyl groups is 1. The predicted octanol–water partition coefficient (Wildman–Crippen LogP) is 0.208. The highest BCUT2D eigenvalue weighted by Crippen LogP contribution is 2.18. The Morgan fingerprint density at radius 1 is 1.16 bits per heavy atom. The van der Waals surface area contributed by atoms with Gasteiger partial charge in [0.25, 0.3) is 5.91 Å². The van der Waals surface area contributed by atoms with E-state index in [1.54, 1.807) is 0 Å². The molecule has 0 bridgehead atoms. The SMILES string of the molecule is O=C(O)c1cnc(C(=O)N[C@H]2CCCC[C@@H]2O)cn1. The molecule has 2 atom stereocenters. The third kappa shape index (κ3) is 3.25. The van der Waals surface area contributed by atoms with Gasteiger partial charge in [-0.3, -0.25) is 4.79 Å². The van der Waals surface area contributed by atoms with Gasteiger partial charge in [-0.1, -0.05) is 12.8 Å². The number of carbonyl (C=O) groups is 2. The van der Waals surface area contributed by atoms with Gasteiger partial charge in [0, 0.05) is 0 Å². The second kappa shape index (κ2) is 5.75. The molecule has 102 valence electrons. The molecule has 2 rings (SSSR count). The van der Waals surface area contributed by atoms with Crippen LogP contribution in [0, 0.1) is 0 Å². The molecule has 7 heteroatoms. The minimum atomic E-state index is -1.19. The summed E-state index contributed by atoms with van der Waals surface area (Å²) in [5.74, 6) is -1.64. The number of aliphatic hydroxyl groups excluding tert-OH is 1. The van der Waals surface area contributed by atoms with E-state index in [-0.39, 0.29) is 17.4 Å². The molecule has 0 spiro atoms. The summed E-state index contributed by atoms with van der Waals surface area (Å²) in [4.78, 5) is 29.9. The van der Waals surface area contributed by atoms with Crippen LogP contribution >= 0.6 is 0 Å². The largest absolute Gasteiger partial charge is 0.476 e. The van der Waals surface area contributed by atoms with Gasteiger partial charge < -0.3 is 15.5 Å². The van der Waals surface area contributed by atoms with Crippen molar-refractivity contribution in [2.45, 2.75) is 37.8 Å². The van der Waals surface area contributed by atoms with Crippen molar-refractivity contribution in [3.8, 4) is 0 Å². The number of aromatic carboxylic acids is 1. The fourth-order valence-corrected chi connectivity index (χ4v) is 2.08. The first-order chi connectivity index (χ1) is 9.08. The van der Waals surface area contributed by atoms with Crippen LogP contribution in [-0.4, -0.2) is 44.2 Å². The molecule has 0 aliphatic heterocycles. The predicted molar refractivity (Wildman–Crippen MR) is 64.7 cm³/mol. The number of carboxylic acid groups (broad SMARTS) is 1. The van der Waals surface area contributed by atoms with Gasteiger partial charge in [0.1, 0.15) is 5.69 Å². The highest BCUT2D eigenvalue weighted by Gasteiger charge is 2.25. The van der Waals surface area contributed by atoms with Gasteiger partial charge >= 0.3 is 5.97 Å². The molecule has 0 saturated heterocycles. The number of carboxylic acids is 1. The number of amides is 1. The van der Waals surface area contributed by atoms with Crippen molar-refractivity contribution in [2.75, 3.05) is 0 Å². The molecule has 1 saturated carbocycles. The fraction of sp³-hybridized carbons (Fsp3) is 0.500. The molecule has 3 N–H and O–H groups in total. The summed E-state index contributed by atoms with van der Waals surface area (Å²) in [5.41, 5.74) is -0.169. The van der Waals surface area contributed by atoms with E-state index in [1.807, 2.05) is 0 Å². The summed E-state index contributed by atoms with van der Waals surface area (Å²) in [7, 11) is 0. The monoisotopic (exact) mass is 265 g/mol. The molecule has 1 aliphatic carbocycles. The Morgan fingerprint density at radius 2 is 1.79 bits per heavy atom. The lowest BCUT2D eigenvalue weighted by Crippen LogP contribution is -2.45. The molecule has 1 amide bonds. The summed E-state index contributed by atoms with van der Waals surface area (Å²) >= 11 is 0. The number of rotatable bonds is 3. The highest BCUT2D eigenvalue weighted by molar-refractivity contribution is 5.92. The van der Waals surface area contributed by atoms with E-state index in [1.165, 1.54) is 0 Å². The summed E-state index contributed by atoms with van der Waals surface area (Å²) in [6.45, 7) is 0. The van der Waals surface area contributed by atoms with Crippen LogP contribution in [0.4, 0.5) is 0 Å². The Balaban J connectivity index is 2.01. The Bertz CT molecular complexity index is 474. The Morgan fingerprint density at radius 3 is 2.37 bits per heavy atom. The molecule has 0 radical (unpaired) electrons. The van der Waals surface area contributed by atoms with Crippen LogP contribution in [0.15, 0.2) is 12.4 Å². The van der Waals surface area contributed by atoms with Crippen LogP contribution in [0.5, 0.6) is 0 Å². The summed E-state index contributed by atoms with van der Waals surface area (Å²) in [6.07, 6.45) is 4.95. The van der Waals surface area contributed by atoms with Crippen LogP contribution < -0.4 is 5.32 Å². The molecule has 0 aromatic carbocycles. The third-order valence-corrected chi connectivity index (χ3v) is 3.15.